The second-order valence-electron chi connectivity index (χ2n) is 6.50. The molecule has 0 bridgehead atoms. The summed E-state index contributed by atoms with van der Waals surface area (Å²) >= 11 is 1.46. The van der Waals surface area contributed by atoms with Gasteiger partial charge in [0.2, 0.25) is 5.91 Å². The van der Waals surface area contributed by atoms with Crippen molar-refractivity contribution in [2.75, 3.05) is 11.9 Å². The predicted octanol–water partition coefficient (Wildman–Crippen LogP) is 3.75. The smallest absolute Gasteiger partial charge is 0.358 e. The number of amides is 1. The Morgan fingerprint density at radius 3 is 2.87 bits per heavy atom. The van der Waals surface area contributed by atoms with Crippen LogP contribution >= 0.6 is 11.3 Å². The average Bonchev–Trinajstić information content (AvgIpc) is 3.45. The lowest BCUT2D eigenvalue weighted by molar-refractivity contribution is -0.115. The molecule has 31 heavy (non-hydrogen) atoms. The normalized spacial score (nSPS) is 10.6. The molecule has 9 heteroatoms. The lowest BCUT2D eigenvalue weighted by Crippen LogP contribution is -2.14. The standard InChI is InChI=1S/C22H19N5O3S/c1-2-30-22(29)19-9-11-27(26-19)17-7-5-6-15(12-17)24-20(28)13-16-14-31-21(25-16)18-8-3-4-10-23-18/h3-12,14H,2,13H2,1H3,(H,24,28). The van der Waals surface area contributed by atoms with Crippen LogP contribution in [-0.2, 0) is 16.0 Å². The van der Waals surface area contributed by atoms with Gasteiger partial charge in [-0.25, -0.2) is 14.5 Å². The Kier molecular flexibility index (Phi) is 6.13. The van der Waals surface area contributed by atoms with Crippen molar-refractivity contribution in [2.45, 2.75) is 13.3 Å². The highest BCUT2D eigenvalue weighted by Gasteiger charge is 2.13. The first-order valence-corrected chi connectivity index (χ1v) is 10.5. The minimum absolute atomic E-state index is 0.155. The van der Waals surface area contributed by atoms with E-state index in [0.29, 0.717) is 17.1 Å². The van der Waals surface area contributed by atoms with Gasteiger partial charge in [-0.2, -0.15) is 5.10 Å². The molecule has 1 N–H and O–H groups in total. The molecule has 0 atom stereocenters. The Morgan fingerprint density at radius 2 is 2.06 bits per heavy atom. The molecule has 0 aliphatic carbocycles. The first kappa shape index (κ1) is 20.4. The average molecular weight is 433 g/mol. The van der Waals surface area contributed by atoms with Gasteiger partial charge in [-0.05, 0) is 43.3 Å². The van der Waals surface area contributed by atoms with Gasteiger partial charge in [0, 0.05) is 23.5 Å². The molecule has 1 amide bonds. The molecule has 4 aromatic rings. The van der Waals surface area contributed by atoms with Gasteiger partial charge in [-0.3, -0.25) is 9.78 Å². The number of pyridine rings is 1. The van der Waals surface area contributed by atoms with Crippen molar-refractivity contribution in [1.29, 1.82) is 0 Å². The number of hydrogen-bond donors (Lipinski definition) is 1. The Balaban J connectivity index is 1.42. The number of thiazole rings is 1. The van der Waals surface area contributed by atoms with E-state index in [1.54, 1.807) is 48.3 Å². The van der Waals surface area contributed by atoms with Crippen LogP contribution in [0.2, 0.25) is 0 Å². The van der Waals surface area contributed by atoms with Crippen LogP contribution in [0.25, 0.3) is 16.4 Å². The Labute approximate surface area is 182 Å². The molecule has 8 nitrogen and oxygen atoms in total. The summed E-state index contributed by atoms with van der Waals surface area (Å²) in [7, 11) is 0. The van der Waals surface area contributed by atoms with E-state index in [-0.39, 0.29) is 24.6 Å². The minimum atomic E-state index is -0.473. The number of carbonyl (C=O) groups excluding carboxylic acids is 2. The summed E-state index contributed by atoms with van der Waals surface area (Å²) in [6.07, 6.45) is 3.54. The molecule has 0 aliphatic heterocycles. The number of ether oxygens (including phenoxy) is 1. The van der Waals surface area contributed by atoms with E-state index >= 15 is 0 Å². The first-order valence-electron chi connectivity index (χ1n) is 9.61. The summed E-state index contributed by atoms with van der Waals surface area (Å²) in [5.41, 5.74) is 3.03. The molecule has 0 fully saturated rings. The highest BCUT2D eigenvalue weighted by atomic mass is 32.1. The summed E-state index contributed by atoms with van der Waals surface area (Å²) < 4.78 is 6.52. The third kappa shape index (κ3) is 5.01. The van der Waals surface area contributed by atoms with Crippen molar-refractivity contribution in [1.82, 2.24) is 19.7 Å². The molecular formula is C22H19N5O3S. The van der Waals surface area contributed by atoms with Crippen LogP contribution in [0.5, 0.6) is 0 Å². The van der Waals surface area contributed by atoms with Gasteiger partial charge in [-0.1, -0.05) is 12.1 Å². The Bertz CT molecular complexity index is 1200. The lowest BCUT2D eigenvalue weighted by atomic mass is 10.2. The fourth-order valence-corrected chi connectivity index (χ4v) is 3.67. The molecule has 0 saturated carbocycles. The topological polar surface area (TPSA) is 99.0 Å². The van der Waals surface area contributed by atoms with E-state index in [9.17, 15) is 9.59 Å². The zero-order valence-corrected chi connectivity index (χ0v) is 17.5. The molecule has 156 valence electrons. The molecule has 3 heterocycles. The first-order chi connectivity index (χ1) is 15.1. The maximum Gasteiger partial charge on any atom is 0.358 e. The number of carbonyl (C=O) groups is 2. The molecule has 0 unspecified atom stereocenters. The van der Waals surface area contributed by atoms with Crippen molar-refractivity contribution in [3.8, 4) is 16.4 Å². The molecule has 4 rings (SSSR count). The van der Waals surface area contributed by atoms with Gasteiger partial charge in [0.05, 0.1) is 30.1 Å². The van der Waals surface area contributed by atoms with Gasteiger partial charge in [0.1, 0.15) is 5.01 Å². The Morgan fingerprint density at radius 1 is 1.16 bits per heavy atom. The highest BCUT2D eigenvalue weighted by molar-refractivity contribution is 7.13. The van der Waals surface area contributed by atoms with E-state index < -0.39 is 5.97 Å². The number of benzene rings is 1. The third-order valence-corrected chi connectivity index (χ3v) is 5.16. The van der Waals surface area contributed by atoms with Gasteiger partial charge in [0.25, 0.3) is 0 Å². The number of esters is 1. The monoisotopic (exact) mass is 433 g/mol. The molecule has 1 aromatic carbocycles. The summed E-state index contributed by atoms with van der Waals surface area (Å²) in [6.45, 7) is 2.03. The summed E-state index contributed by atoms with van der Waals surface area (Å²) in [5.74, 6) is -0.651. The lowest BCUT2D eigenvalue weighted by Gasteiger charge is -2.07. The zero-order valence-electron chi connectivity index (χ0n) is 16.7. The fourth-order valence-electron chi connectivity index (χ4n) is 2.87. The van der Waals surface area contributed by atoms with Crippen molar-refractivity contribution < 1.29 is 14.3 Å². The van der Waals surface area contributed by atoms with Crippen LogP contribution < -0.4 is 5.32 Å². The second kappa shape index (κ2) is 9.31. The summed E-state index contributed by atoms with van der Waals surface area (Å²) in [4.78, 5) is 33.1. The Hall–Kier alpha value is -3.85. The highest BCUT2D eigenvalue weighted by Crippen LogP contribution is 2.22. The predicted molar refractivity (Wildman–Crippen MR) is 117 cm³/mol. The van der Waals surface area contributed by atoms with Crippen LogP contribution in [0.3, 0.4) is 0 Å². The van der Waals surface area contributed by atoms with E-state index in [0.717, 1.165) is 10.7 Å². The minimum Gasteiger partial charge on any atom is -0.461 e. The maximum absolute atomic E-state index is 12.5. The van der Waals surface area contributed by atoms with E-state index in [1.807, 2.05) is 29.6 Å². The van der Waals surface area contributed by atoms with Crippen LogP contribution in [0.15, 0.2) is 66.3 Å². The molecule has 0 spiro atoms. The molecule has 0 saturated heterocycles. The molecule has 3 aromatic heterocycles. The maximum atomic E-state index is 12.5. The van der Waals surface area contributed by atoms with Crippen LogP contribution in [0.4, 0.5) is 5.69 Å². The number of nitrogens with zero attached hydrogens (tertiary/aromatic N) is 4. The van der Waals surface area contributed by atoms with Crippen molar-refractivity contribution in [3.05, 3.63) is 77.7 Å². The SMILES string of the molecule is CCOC(=O)c1ccn(-c2cccc(NC(=O)Cc3csc(-c4ccccn4)n3)c2)n1. The summed E-state index contributed by atoms with van der Waals surface area (Å²) in [6, 6.07) is 14.4. The number of rotatable bonds is 7. The van der Waals surface area contributed by atoms with Crippen molar-refractivity contribution in [3.63, 3.8) is 0 Å². The van der Waals surface area contributed by atoms with Crippen molar-refractivity contribution in [2.24, 2.45) is 0 Å². The van der Waals surface area contributed by atoms with Crippen molar-refractivity contribution >= 4 is 28.9 Å². The number of hydrogen-bond acceptors (Lipinski definition) is 7. The van der Waals surface area contributed by atoms with E-state index in [4.69, 9.17) is 4.74 Å². The van der Waals surface area contributed by atoms with Gasteiger partial charge < -0.3 is 10.1 Å². The van der Waals surface area contributed by atoms with E-state index in [2.05, 4.69) is 20.4 Å². The van der Waals surface area contributed by atoms with Gasteiger partial charge >= 0.3 is 5.97 Å². The second-order valence-corrected chi connectivity index (χ2v) is 7.36. The van der Waals surface area contributed by atoms with Crippen LogP contribution in [0, 0.1) is 0 Å². The quantitative estimate of drug-likeness (QED) is 0.446. The molecule has 0 aliphatic rings. The number of aromatic nitrogens is 4. The zero-order chi connectivity index (χ0) is 21.6. The van der Waals surface area contributed by atoms with Gasteiger partial charge in [-0.15, -0.1) is 11.3 Å². The van der Waals surface area contributed by atoms with Crippen LogP contribution in [0.1, 0.15) is 23.1 Å². The molecular weight excluding hydrogens is 414 g/mol. The number of anilines is 1. The fraction of sp³-hybridized carbons (Fsp3) is 0.136. The van der Waals surface area contributed by atoms with Crippen LogP contribution in [-0.4, -0.2) is 38.2 Å². The largest absolute Gasteiger partial charge is 0.461 e. The third-order valence-electron chi connectivity index (χ3n) is 4.25. The summed E-state index contributed by atoms with van der Waals surface area (Å²) in [5, 5.41) is 9.75. The van der Waals surface area contributed by atoms with E-state index in [1.165, 1.54) is 11.3 Å². The molecule has 0 radical (unpaired) electrons. The van der Waals surface area contributed by atoms with Gasteiger partial charge in [0.15, 0.2) is 5.69 Å². The number of nitrogens with one attached hydrogen (secondary N) is 1.